The number of hydrogen-bond donors (Lipinski definition) is 3. The van der Waals surface area contributed by atoms with Crippen molar-refractivity contribution < 1.29 is 14.8 Å². The second-order valence-corrected chi connectivity index (χ2v) is 5.32. The average molecular weight is 290 g/mol. The quantitative estimate of drug-likeness (QED) is 0.575. The zero-order chi connectivity index (χ0) is 15.0. The molecule has 8 heteroatoms. The predicted octanol–water partition coefficient (Wildman–Crippen LogP) is 1.12. The van der Waals surface area contributed by atoms with Gasteiger partial charge in [0.25, 0.3) is 11.6 Å². The first-order chi connectivity index (χ1) is 9.98. The van der Waals surface area contributed by atoms with E-state index in [0.29, 0.717) is 23.7 Å². The second kappa shape index (κ2) is 4.81. The Morgan fingerprint density at radius 3 is 2.90 bits per heavy atom. The van der Waals surface area contributed by atoms with Gasteiger partial charge in [-0.3, -0.25) is 20.0 Å². The lowest BCUT2D eigenvalue weighted by molar-refractivity contribution is -0.384. The third-order valence-electron chi connectivity index (χ3n) is 3.83. The number of nitro benzene ring substituents is 1. The number of aliphatic hydroxyl groups is 1. The minimum atomic E-state index is -0.826. The van der Waals surface area contributed by atoms with E-state index in [0.717, 1.165) is 6.42 Å². The van der Waals surface area contributed by atoms with Crippen molar-refractivity contribution in [1.82, 2.24) is 15.5 Å². The number of nitrogens with one attached hydrogen (secondary N) is 2. The number of carbonyl (C=O) groups is 1. The molecule has 0 bridgehead atoms. The van der Waals surface area contributed by atoms with Crippen LogP contribution in [0.3, 0.4) is 0 Å². The first-order valence-electron chi connectivity index (χ1n) is 6.62. The molecule has 1 heterocycles. The van der Waals surface area contributed by atoms with Crippen LogP contribution in [0.4, 0.5) is 5.69 Å². The molecule has 0 spiro atoms. The Labute approximate surface area is 119 Å². The maximum absolute atomic E-state index is 12.1. The number of aromatic amines is 1. The van der Waals surface area contributed by atoms with Crippen molar-refractivity contribution in [1.29, 1.82) is 0 Å². The molecule has 1 aliphatic carbocycles. The molecule has 0 aliphatic heterocycles. The maximum atomic E-state index is 12.1. The van der Waals surface area contributed by atoms with Crippen LogP contribution in [0, 0.1) is 10.1 Å². The predicted molar refractivity (Wildman–Crippen MR) is 73.9 cm³/mol. The molecule has 3 N–H and O–H groups in total. The van der Waals surface area contributed by atoms with Gasteiger partial charge >= 0.3 is 0 Å². The van der Waals surface area contributed by atoms with Crippen LogP contribution in [0.15, 0.2) is 18.2 Å². The minimum Gasteiger partial charge on any atom is -0.388 e. The van der Waals surface area contributed by atoms with Crippen molar-refractivity contribution in [3.63, 3.8) is 0 Å². The van der Waals surface area contributed by atoms with Gasteiger partial charge in [-0.05, 0) is 25.3 Å². The van der Waals surface area contributed by atoms with Gasteiger partial charge in [0.1, 0.15) is 0 Å². The number of fused-ring (bicyclic) bond motifs is 1. The van der Waals surface area contributed by atoms with Crippen LogP contribution >= 0.6 is 0 Å². The van der Waals surface area contributed by atoms with E-state index in [1.165, 1.54) is 18.2 Å². The van der Waals surface area contributed by atoms with E-state index in [2.05, 4.69) is 15.5 Å². The van der Waals surface area contributed by atoms with Gasteiger partial charge in [-0.2, -0.15) is 5.10 Å². The molecule has 0 saturated heterocycles. The van der Waals surface area contributed by atoms with E-state index < -0.39 is 16.4 Å². The highest BCUT2D eigenvalue weighted by atomic mass is 16.6. The fourth-order valence-electron chi connectivity index (χ4n) is 2.38. The molecular formula is C13H14N4O4. The number of rotatable bonds is 4. The Balaban J connectivity index is 1.83. The first-order valence-corrected chi connectivity index (χ1v) is 6.62. The second-order valence-electron chi connectivity index (χ2n) is 5.32. The molecule has 1 aliphatic rings. The zero-order valence-corrected chi connectivity index (χ0v) is 11.1. The van der Waals surface area contributed by atoms with Crippen LogP contribution in [0.5, 0.6) is 0 Å². The lowest BCUT2D eigenvalue weighted by atomic mass is 9.80. The standard InChI is InChI=1S/C13H14N4O4/c18-12(14-7-13(19)4-1-5-13)11-9-6-8(17(20)21)2-3-10(9)15-16-11/h2-3,6,19H,1,4-5,7H2,(H,14,18)(H,15,16). The smallest absolute Gasteiger partial charge is 0.272 e. The monoisotopic (exact) mass is 290 g/mol. The molecule has 1 fully saturated rings. The summed E-state index contributed by atoms with van der Waals surface area (Å²) in [6, 6.07) is 4.17. The van der Waals surface area contributed by atoms with Crippen LogP contribution in [-0.4, -0.2) is 38.3 Å². The summed E-state index contributed by atoms with van der Waals surface area (Å²) >= 11 is 0. The summed E-state index contributed by atoms with van der Waals surface area (Å²) in [7, 11) is 0. The summed E-state index contributed by atoms with van der Waals surface area (Å²) in [5.41, 5.74) is -0.284. The van der Waals surface area contributed by atoms with Gasteiger partial charge in [0.2, 0.25) is 0 Å². The Kier molecular flexibility index (Phi) is 3.09. The molecule has 1 amide bonds. The van der Waals surface area contributed by atoms with Gasteiger partial charge in [-0.15, -0.1) is 0 Å². The van der Waals surface area contributed by atoms with E-state index in [9.17, 15) is 20.0 Å². The van der Waals surface area contributed by atoms with E-state index >= 15 is 0 Å². The van der Waals surface area contributed by atoms with E-state index in [1.54, 1.807) is 0 Å². The van der Waals surface area contributed by atoms with Gasteiger partial charge in [-0.1, -0.05) is 0 Å². The van der Waals surface area contributed by atoms with E-state index in [-0.39, 0.29) is 17.9 Å². The molecule has 8 nitrogen and oxygen atoms in total. The Hall–Kier alpha value is -2.48. The van der Waals surface area contributed by atoms with Gasteiger partial charge in [0, 0.05) is 24.1 Å². The van der Waals surface area contributed by atoms with Crippen molar-refractivity contribution >= 4 is 22.5 Å². The summed E-state index contributed by atoms with van der Waals surface area (Å²) in [5.74, 6) is -0.456. The number of non-ortho nitro benzene ring substituents is 1. The number of nitro groups is 1. The van der Waals surface area contributed by atoms with Crippen LogP contribution in [0.25, 0.3) is 10.9 Å². The normalized spacial score (nSPS) is 16.4. The molecule has 0 radical (unpaired) electrons. The SMILES string of the molecule is O=C(NCC1(O)CCC1)c1n[nH]c2ccc([N+](=O)[O-])cc12. The molecule has 0 atom stereocenters. The topological polar surface area (TPSA) is 121 Å². The van der Waals surface area contributed by atoms with Crippen LogP contribution in [-0.2, 0) is 0 Å². The number of H-pyrrole nitrogens is 1. The third kappa shape index (κ3) is 2.45. The van der Waals surface area contributed by atoms with Crippen LogP contribution in [0.1, 0.15) is 29.8 Å². The largest absolute Gasteiger partial charge is 0.388 e. The maximum Gasteiger partial charge on any atom is 0.272 e. The molecule has 110 valence electrons. The van der Waals surface area contributed by atoms with Crippen molar-refractivity contribution in [2.75, 3.05) is 6.54 Å². The van der Waals surface area contributed by atoms with Gasteiger partial charge in [0.15, 0.2) is 5.69 Å². The molecule has 1 aromatic heterocycles. The number of benzene rings is 1. The van der Waals surface area contributed by atoms with E-state index in [1.807, 2.05) is 0 Å². The van der Waals surface area contributed by atoms with Crippen molar-refractivity contribution in [3.05, 3.63) is 34.0 Å². The molecular weight excluding hydrogens is 276 g/mol. The molecule has 21 heavy (non-hydrogen) atoms. The molecule has 3 rings (SSSR count). The fraction of sp³-hybridized carbons (Fsp3) is 0.385. The summed E-state index contributed by atoms with van der Waals surface area (Å²) in [6.45, 7) is 0.162. The van der Waals surface area contributed by atoms with Crippen molar-refractivity contribution in [3.8, 4) is 0 Å². The number of carbonyl (C=O) groups excluding carboxylic acids is 1. The van der Waals surface area contributed by atoms with E-state index in [4.69, 9.17) is 0 Å². The molecule has 0 unspecified atom stereocenters. The van der Waals surface area contributed by atoms with Gasteiger partial charge in [0.05, 0.1) is 16.0 Å². The Morgan fingerprint density at radius 2 is 2.29 bits per heavy atom. The summed E-state index contributed by atoms with van der Waals surface area (Å²) in [5, 5.41) is 30.3. The summed E-state index contributed by atoms with van der Waals surface area (Å²) in [6.07, 6.45) is 2.28. The van der Waals surface area contributed by atoms with Gasteiger partial charge in [-0.25, -0.2) is 0 Å². The summed E-state index contributed by atoms with van der Waals surface area (Å²) < 4.78 is 0. The van der Waals surface area contributed by atoms with Crippen molar-refractivity contribution in [2.45, 2.75) is 24.9 Å². The lowest BCUT2D eigenvalue weighted by Gasteiger charge is -2.36. The van der Waals surface area contributed by atoms with Gasteiger partial charge < -0.3 is 10.4 Å². The Morgan fingerprint density at radius 1 is 1.52 bits per heavy atom. The highest BCUT2D eigenvalue weighted by Crippen LogP contribution is 2.30. The number of nitrogens with zero attached hydrogens (tertiary/aromatic N) is 2. The van der Waals surface area contributed by atoms with Crippen molar-refractivity contribution in [2.24, 2.45) is 0 Å². The number of hydrogen-bond acceptors (Lipinski definition) is 5. The highest BCUT2D eigenvalue weighted by Gasteiger charge is 2.34. The average Bonchev–Trinajstić information content (AvgIpc) is 2.85. The number of amides is 1. The summed E-state index contributed by atoms with van der Waals surface area (Å²) in [4.78, 5) is 22.4. The highest BCUT2D eigenvalue weighted by molar-refractivity contribution is 6.05. The first kappa shape index (κ1) is 13.5. The van der Waals surface area contributed by atoms with Crippen LogP contribution in [0.2, 0.25) is 0 Å². The number of aromatic nitrogens is 2. The zero-order valence-electron chi connectivity index (χ0n) is 11.1. The van der Waals surface area contributed by atoms with Crippen LogP contribution < -0.4 is 5.32 Å². The molecule has 1 aromatic carbocycles. The fourth-order valence-corrected chi connectivity index (χ4v) is 2.38. The molecule has 1 saturated carbocycles. The minimum absolute atomic E-state index is 0.0941. The third-order valence-corrected chi connectivity index (χ3v) is 3.83. The molecule has 2 aromatic rings. The lowest BCUT2D eigenvalue weighted by Crippen LogP contribution is -2.47. The Bertz CT molecular complexity index is 720.